The summed E-state index contributed by atoms with van der Waals surface area (Å²) < 4.78 is 17.9. The summed E-state index contributed by atoms with van der Waals surface area (Å²) in [5.74, 6) is -0.491. The topological polar surface area (TPSA) is 78.5 Å². The number of rotatable bonds is 4. The van der Waals surface area contributed by atoms with Crippen LogP contribution in [-0.4, -0.2) is 29.5 Å². The lowest BCUT2D eigenvalue weighted by Crippen LogP contribution is -2.15. The molecule has 5 rings (SSSR count). The fourth-order valence-corrected chi connectivity index (χ4v) is 3.29. The normalized spacial score (nSPS) is 10.9. The summed E-state index contributed by atoms with van der Waals surface area (Å²) in [6.07, 6.45) is 6.04. The number of nitrogens with zero attached hydrogens (tertiary/aromatic N) is 6. The van der Waals surface area contributed by atoms with Gasteiger partial charge in [-0.2, -0.15) is 10.2 Å². The molecule has 0 aliphatic rings. The number of hydrogen-bond donors (Lipinski definition) is 0. The average molecular weight is 410 g/mol. The molecule has 0 N–H and O–H groups in total. The molecule has 0 radical (unpaired) electrons. The van der Waals surface area contributed by atoms with Gasteiger partial charge >= 0.3 is 0 Å². The molecule has 31 heavy (non-hydrogen) atoms. The van der Waals surface area contributed by atoms with Crippen LogP contribution in [0.1, 0.15) is 0 Å². The number of aromatic nitrogens is 6. The highest BCUT2D eigenvalue weighted by Gasteiger charge is 2.15. The van der Waals surface area contributed by atoms with E-state index in [-0.39, 0.29) is 16.8 Å². The Hall–Kier alpha value is -4.46. The molecule has 8 heteroatoms. The molecular weight excluding hydrogens is 395 g/mol. The SMILES string of the molecule is O=c1ccn(-c2ccc(-c3ccncn3)cc2F)nc1-c1ccnn1-c1ccccc1. The second-order valence-electron chi connectivity index (χ2n) is 6.70. The average Bonchev–Trinajstić information content (AvgIpc) is 3.30. The van der Waals surface area contributed by atoms with Crippen molar-refractivity contribution in [2.24, 2.45) is 0 Å². The van der Waals surface area contributed by atoms with Crippen LogP contribution in [0, 0.1) is 5.82 Å². The summed E-state index contributed by atoms with van der Waals surface area (Å²) in [5, 5.41) is 8.72. The fraction of sp³-hybridized carbons (Fsp3) is 0. The van der Waals surface area contributed by atoms with E-state index < -0.39 is 5.82 Å². The molecule has 0 spiro atoms. The fourth-order valence-electron chi connectivity index (χ4n) is 3.29. The molecule has 3 aromatic heterocycles. The van der Waals surface area contributed by atoms with Crippen LogP contribution >= 0.6 is 0 Å². The van der Waals surface area contributed by atoms with Gasteiger partial charge in [0.2, 0.25) is 5.43 Å². The van der Waals surface area contributed by atoms with E-state index >= 15 is 0 Å². The third-order valence-electron chi connectivity index (χ3n) is 4.77. The Kier molecular flexibility index (Phi) is 4.64. The summed E-state index contributed by atoms with van der Waals surface area (Å²) >= 11 is 0. The number of para-hydroxylation sites is 1. The number of hydrogen-bond acceptors (Lipinski definition) is 5. The van der Waals surface area contributed by atoms with Gasteiger partial charge in [-0.3, -0.25) is 4.79 Å². The minimum Gasteiger partial charge on any atom is -0.287 e. The summed E-state index contributed by atoms with van der Waals surface area (Å²) in [7, 11) is 0. The van der Waals surface area contributed by atoms with Gasteiger partial charge in [0.15, 0.2) is 5.69 Å². The number of benzene rings is 2. The predicted molar refractivity (Wildman–Crippen MR) is 113 cm³/mol. The molecule has 0 bridgehead atoms. The van der Waals surface area contributed by atoms with E-state index in [2.05, 4.69) is 20.2 Å². The Morgan fingerprint density at radius 1 is 0.903 bits per heavy atom. The zero-order chi connectivity index (χ0) is 21.2. The van der Waals surface area contributed by atoms with Gasteiger partial charge in [-0.25, -0.2) is 23.7 Å². The molecule has 0 amide bonds. The minimum atomic E-state index is -0.491. The molecule has 3 heterocycles. The van der Waals surface area contributed by atoms with E-state index in [1.807, 2.05) is 30.3 Å². The van der Waals surface area contributed by atoms with Crippen molar-refractivity contribution in [1.29, 1.82) is 0 Å². The van der Waals surface area contributed by atoms with Gasteiger partial charge in [-0.1, -0.05) is 24.3 Å². The summed E-state index contributed by atoms with van der Waals surface area (Å²) in [6.45, 7) is 0. The first-order valence-electron chi connectivity index (χ1n) is 9.47. The summed E-state index contributed by atoms with van der Waals surface area (Å²) in [5.41, 5.74) is 2.63. The van der Waals surface area contributed by atoms with E-state index in [1.165, 1.54) is 29.3 Å². The van der Waals surface area contributed by atoms with Crippen molar-refractivity contribution in [2.75, 3.05) is 0 Å². The first kappa shape index (κ1) is 18.6. The Bertz CT molecular complexity index is 1410. The molecule has 0 aliphatic heterocycles. The second-order valence-corrected chi connectivity index (χ2v) is 6.70. The van der Waals surface area contributed by atoms with Crippen molar-refractivity contribution < 1.29 is 4.39 Å². The molecule has 5 aromatic rings. The number of halogens is 1. The van der Waals surface area contributed by atoms with Crippen LogP contribution in [0.4, 0.5) is 4.39 Å². The van der Waals surface area contributed by atoms with E-state index in [0.29, 0.717) is 17.0 Å². The molecule has 0 unspecified atom stereocenters. The minimum absolute atomic E-state index is 0.170. The van der Waals surface area contributed by atoms with E-state index in [1.54, 1.807) is 41.3 Å². The van der Waals surface area contributed by atoms with Crippen molar-refractivity contribution in [3.63, 3.8) is 0 Å². The monoisotopic (exact) mass is 410 g/mol. The standard InChI is InChI=1S/C23H15FN6O/c24-18-14-16(19-8-11-25-15-26-19)6-7-20(18)29-13-10-22(31)23(28-29)21-9-12-27-30(21)17-4-2-1-3-5-17/h1-15H. The molecule has 2 aromatic carbocycles. The highest BCUT2D eigenvalue weighted by atomic mass is 19.1. The molecule has 0 fully saturated rings. The van der Waals surface area contributed by atoms with Gasteiger partial charge in [0.1, 0.15) is 17.8 Å². The van der Waals surface area contributed by atoms with E-state index in [4.69, 9.17) is 0 Å². The smallest absolute Gasteiger partial charge is 0.209 e. The Morgan fingerprint density at radius 2 is 1.77 bits per heavy atom. The van der Waals surface area contributed by atoms with Gasteiger partial charge < -0.3 is 0 Å². The Morgan fingerprint density at radius 3 is 2.55 bits per heavy atom. The van der Waals surface area contributed by atoms with Gasteiger partial charge in [-0.15, -0.1) is 0 Å². The van der Waals surface area contributed by atoms with Crippen molar-refractivity contribution in [3.8, 4) is 34.0 Å². The van der Waals surface area contributed by atoms with Gasteiger partial charge in [0.25, 0.3) is 0 Å². The van der Waals surface area contributed by atoms with Crippen LogP contribution in [0.15, 0.2) is 96.4 Å². The molecule has 0 saturated heterocycles. The van der Waals surface area contributed by atoms with Crippen molar-refractivity contribution in [3.05, 3.63) is 108 Å². The van der Waals surface area contributed by atoms with Crippen LogP contribution in [0.25, 0.3) is 34.0 Å². The molecular formula is C23H15FN6O. The molecule has 0 atom stereocenters. The van der Waals surface area contributed by atoms with Gasteiger partial charge in [0.05, 0.1) is 23.3 Å². The predicted octanol–water partition coefficient (Wildman–Crippen LogP) is 3.68. The van der Waals surface area contributed by atoms with E-state index in [0.717, 1.165) is 5.69 Å². The van der Waals surface area contributed by atoms with E-state index in [9.17, 15) is 9.18 Å². The second kappa shape index (κ2) is 7.75. The maximum absolute atomic E-state index is 14.9. The molecule has 7 nitrogen and oxygen atoms in total. The van der Waals surface area contributed by atoms with Crippen LogP contribution < -0.4 is 5.43 Å². The third-order valence-corrected chi connectivity index (χ3v) is 4.77. The van der Waals surface area contributed by atoms with Gasteiger partial charge in [0, 0.05) is 24.0 Å². The van der Waals surface area contributed by atoms with Gasteiger partial charge in [-0.05, 0) is 36.4 Å². The zero-order valence-corrected chi connectivity index (χ0v) is 16.1. The lowest BCUT2D eigenvalue weighted by molar-refractivity contribution is 0.609. The quantitative estimate of drug-likeness (QED) is 0.452. The van der Waals surface area contributed by atoms with Crippen molar-refractivity contribution in [2.45, 2.75) is 0 Å². The Labute approximate surface area is 176 Å². The molecule has 150 valence electrons. The summed E-state index contributed by atoms with van der Waals surface area (Å²) in [6, 6.07) is 18.9. The molecule has 0 saturated carbocycles. The maximum atomic E-state index is 14.9. The lowest BCUT2D eigenvalue weighted by atomic mass is 10.1. The largest absolute Gasteiger partial charge is 0.287 e. The highest BCUT2D eigenvalue weighted by molar-refractivity contribution is 5.61. The lowest BCUT2D eigenvalue weighted by Gasteiger charge is -2.11. The summed E-state index contributed by atoms with van der Waals surface area (Å²) in [4.78, 5) is 20.6. The third kappa shape index (κ3) is 3.51. The molecule has 0 aliphatic carbocycles. The first-order valence-corrected chi connectivity index (χ1v) is 9.47. The van der Waals surface area contributed by atoms with Crippen LogP contribution in [0.2, 0.25) is 0 Å². The first-order chi connectivity index (χ1) is 15.2. The van der Waals surface area contributed by atoms with Crippen LogP contribution in [-0.2, 0) is 0 Å². The van der Waals surface area contributed by atoms with Crippen LogP contribution in [0.3, 0.4) is 0 Å². The zero-order valence-electron chi connectivity index (χ0n) is 16.1. The maximum Gasteiger partial charge on any atom is 0.209 e. The Balaban J connectivity index is 1.58. The van der Waals surface area contributed by atoms with Crippen molar-refractivity contribution in [1.82, 2.24) is 29.5 Å². The van der Waals surface area contributed by atoms with Crippen LogP contribution in [0.5, 0.6) is 0 Å². The highest BCUT2D eigenvalue weighted by Crippen LogP contribution is 2.23. The van der Waals surface area contributed by atoms with Crippen molar-refractivity contribution >= 4 is 0 Å².